The van der Waals surface area contributed by atoms with Crippen LogP contribution in [0.5, 0.6) is 0 Å². The van der Waals surface area contributed by atoms with Crippen molar-refractivity contribution in [2.24, 2.45) is 5.73 Å². The summed E-state index contributed by atoms with van der Waals surface area (Å²) in [7, 11) is 0. The second-order valence-corrected chi connectivity index (χ2v) is 4.96. The summed E-state index contributed by atoms with van der Waals surface area (Å²) < 4.78 is 5.68. The molecule has 0 spiro atoms. The maximum atomic E-state index is 5.81. The van der Waals surface area contributed by atoms with Crippen LogP contribution in [0.25, 0.3) is 0 Å². The van der Waals surface area contributed by atoms with E-state index in [9.17, 15) is 0 Å². The Morgan fingerprint density at radius 2 is 2.08 bits per heavy atom. The quantitative estimate of drug-likeness (QED) is 0.682. The van der Waals surface area contributed by atoms with E-state index >= 15 is 0 Å². The molecule has 2 aliphatic rings. The fourth-order valence-electron chi connectivity index (χ4n) is 2.22. The number of nitrogens with zero attached hydrogens (tertiary/aromatic N) is 1. The molecule has 1 aliphatic carbocycles. The van der Waals surface area contributed by atoms with E-state index in [1.165, 1.54) is 12.8 Å². The molecular formula is C10H20N2O. The van der Waals surface area contributed by atoms with Crippen molar-refractivity contribution in [3.05, 3.63) is 0 Å². The minimum absolute atomic E-state index is 0.0169. The smallest absolute Gasteiger partial charge is 0.0753 e. The number of rotatable bonds is 2. The third-order valence-corrected chi connectivity index (χ3v) is 3.30. The second-order valence-electron chi connectivity index (χ2n) is 4.96. The largest absolute Gasteiger partial charge is 0.373 e. The molecule has 0 aromatic rings. The molecule has 0 atom stereocenters. The van der Waals surface area contributed by atoms with Crippen molar-refractivity contribution >= 4 is 0 Å². The highest BCUT2D eigenvalue weighted by Crippen LogP contribution is 2.42. The molecule has 0 aromatic heterocycles. The van der Waals surface area contributed by atoms with Crippen LogP contribution >= 0.6 is 0 Å². The van der Waals surface area contributed by atoms with Gasteiger partial charge >= 0.3 is 0 Å². The zero-order chi connectivity index (χ0) is 9.53. The van der Waals surface area contributed by atoms with Gasteiger partial charge in [0.15, 0.2) is 0 Å². The summed E-state index contributed by atoms with van der Waals surface area (Å²) in [4.78, 5) is 2.52. The molecule has 2 rings (SSSR count). The van der Waals surface area contributed by atoms with Gasteiger partial charge in [-0.2, -0.15) is 0 Å². The van der Waals surface area contributed by atoms with Crippen LogP contribution in [-0.4, -0.2) is 42.3 Å². The molecular weight excluding hydrogens is 164 g/mol. The first kappa shape index (κ1) is 9.44. The van der Waals surface area contributed by atoms with Gasteiger partial charge in [-0.15, -0.1) is 0 Å². The molecule has 13 heavy (non-hydrogen) atoms. The second kappa shape index (κ2) is 2.94. The molecule has 0 bridgehead atoms. The van der Waals surface area contributed by atoms with E-state index in [-0.39, 0.29) is 5.60 Å². The van der Waals surface area contributed by atoms with Gasteiger partial charge in [-0.25, -0.2) is 0 Å². The predicted molar refractivity (Wildman–Crippen MR) is 52.6 cm³/mol. The van der Waals surface area contributed by atoms with Crippen LogP contribution in [-0.2, 0) is 4.74 Å². The monoisotopic (exact) mass is 184 g/mol. The standard InChI is InChI=1S/C10H20N2O/c1-9(2)8-12(5-6-13-9)10(7-11)3-4-10/h3-8,11H2,1-2H3. The van der Waals surface area contributed by atoms with E-state index in [1.807, 2.05) is 0 Å². The lowest BCUT2D eigenvalue weighted by Crippen LogP contribution is -2.55. The zero-order valence-electron chi connectivity index (χ0n) is 8.68. The summed E-state index contributed by atoms with van der Waals surface area (Å²) in [5.41, 5.74) is 6.17. The number of hydrogen-bond donors (Lipinski definition) is 1. The Morgan fingerprint density at radius 3 is 2.54 bits per heavy atom. The minimum atomic E-state index is 0.0169. The maximum absolute atomic E-state index is 5.81. The summed E-state index contributed by atoms with van der Waals surface area (Å²) in [6.45, 7) is 8.07. The number of ether oxygens (including phenoxy) is 1. The molecule has 3 heteroatoms. The van der Waals surface area contributed by atoms with Crippen LogP contribution in [0.2, 0.25) is 0 Å². The lowest BCUT2D eigenvalue weighted by Gasteiger charge is -2.42. The number of morpholine rings is 1. The first-order chi connectivity index (χ1) is 6.08. The Balaban J connectivity index is 2.00. The maximum Gasteiger partial charge on any atom is 0.0753 e. The lowest BCUT2D eigenvalue weighted by atomic mass is 10.0. The Kier molecular flexibility index (Phi) is 2.13. The zero-order valence-corrected chi connectivity index (χ0v) is 8.68. The van der Waals surface area contributed by atoms with Crippen LogP contribution in [0.4, 0.5) is 0 Å². The molecule has 0 unspecified atom stereocenters. The molecule has 1 saturated carbocycles. The van der Waals surface area contributed by atoms with Gasteiger partial charge in [-0.3, -0.25) is 4.90 Å². The Bertz CT molecular complexity index is 199. The molecule has 3 nitrogen and oxygen atoms in total. The van der Waals surface area contributed by atoms with Crippen molar-refractivity contribution in [2.75, 3.05) is 26.2 Å². The minimum Gasteiger partial charge on any atom is -0.373 e. The fraction of sp³-hybridized carbons (Fsp3) is 1.00. The molecule has 0 aromatic carbocycles. The molecule has 2 N–H and O–H groups in total. The van der Waals surface area contributed by atoms with E-state index < -0.39 is 0 Å². The van der Waals surface area contributed by atoms with Crippen LogP contribution in [0.3, 0.4) is 0 Å². The normalized spacial score (nSPS) is 31.6. The van der Waals surface area contributed by atoms with E-state index in [1.54, 1.807) is 0 Å². The van der Waals surface area contributed by atoms with Crippen LogP contribution < -0.4 is 5.73 Å². The summed E-state index contributed by atoms with van der Waals surface area (Å²) in [6.07, 6.45) is 2.55. The van der Waals surface area contributed by atoms with Crippen molar-refractivity contribution in [1.82, 2.24) is 4.90 Å². The number of nitrogens with two attached hydrogens (primary N) is 1. The van der Waals surface area contributed by atoms with E-state index in [2.05, 4.69) is 18.7 Å². The Hall–Kier alpha value is -0.120. The van der Waals surface area contributed by atoms with Gasteiger partial charge < -0.3 is 10.5 Å². The van der Waals surface area contributed by atoms with Crippen LogP contribution in [0, 0.1) is 0 Å². The van der Waals surface area contributed by atoms with E-state index in [0.717, 1.165) is 26.2 Å². The molecule has 0 amide bonds. The highest BCUT2D eigenvalue weighted by molar-refractivity contribution is 5.06. The SMILES string of the molecule is CC1(C)CN(C2(CN)CC2)CCO1. The summed E-state index contributed by atoms with van der Waals surface area (Å²) in [6, 6.07) is 0. The van der Waals surface area contributed by atoms with Crippen molar-refractivity contribution in [3.8, 4) is 0 Å². The molecule has 2 fully saturated rings. The van der Waals surface area contributed by atoms with E-state index in [0.29, 0.717) is 5.54 Å². The predicted octanol–water partition coefficient (Wildman–Crippen LogP) is 0.588. The van der Waals surface area contributed by atoms with Crippen molar-refractivity contribution in [1.29, 1.82) is 0 Å². The highest BCUT2D eigenvalue weighted by Gasteiger charge is 2.49. The average molecular weight is 184 g/mol. The Morgan fingerprint density at radius 1 is 1.38 bits per heavy atom. The highest BCUT2D eigenvalue weighted by atomic mass is 16.5. The molecule has 1 heterocycles. The summed E-state index contributed by atoms with van der Waals surface area (Å²) in [5.74, 6) is 0. The van der Waals surface area contributed by atoms with Gasteiger partial charge in [-0.1, -0.05) is 0 Å². The number of hydrogen-bond acceptors (Lipinski definition) is 3. The first-order valence-electron chi connectivity index (χ1n) is 5.17. The molecule has 1 saturated heterocycles. The van der Waals surface area contributed by atoms with Crippen molar-refractivity contribution < 1.29 is 4.74 Å². The van der Waals surface area contributed by atoms with Gasteiger partial charge in [0.05, 0.1) is 12.2 Å². The van der Waals surface area contributed by atoms with Gasteiger partial charge in [0.25, 0.3) is 0 Å². The van der Waals surface area contributed by atoms with E-state index in [4.69, 9.17) is 10.5 Å². The van der Waals surface area contributed by atoms with Crippen molar-refractivity contribution in [2.45, 2.75) is 37.8 Å². The van der Waals surface area contributed by atoms with Gasteiger partial charge in [0.2, 0.25) is 0 Å². The third-order valence-electron chi connectivity index (χ3n) is 3.30. The average Bonchev–Trinajstić information content (AvgIpc) is 2.82. The molecule has 76 valence electrons. The summed E-state index contributed by atoms with van der Waals surface area (Å²) >= 11 is 0. The van der Waals surface area contributed by atoms with Crippen LogP contribution in [0.15, 0.2) is 0 Å². The van der Waals surface area contributed by atoms with Gasteiger partial charge in [0.1, 0.15) is 0 Å². The molecule has 1 aliphatic heterocycles. The topological polar surface area (TPSA) is 38.5 Å². The summed E-state index contributed by atoms with van der Waals surface area (Å²) in [5, 5.41) is 0. The van der Waals surface area contributed by atoms with Crippen LogP contribution in [0.1, 0.15) is 26.7 Å². The molecule has 0 radical (unpaired) electrons. The fourth-order valence-corrected chi connectivity index (χ4v) is 2.22. The van der Waals surface area contributed by atoms with Gasteiger partial charge in [-0.05, 0) is 26.7 Å². The lowest BCUT2D eigenvalue weighted by molar-refractivity contribution is -0.1000. The third kappa shape index (κ3) is 1.73. The first-order valence-corrected chi connectivity index (χ1v) is 5.17. The van der Waals surface area contributed by atoms with Gasteiger partial charge in [0, 0.05) is 25.2 Å². The Labute approximate surface area is 80.2 Å². The van der Waals surface area contributed by atoms with Crippen molar-refractivity contribution in [3.63, 3.8) is 0 Å².